The lowest BCUT2D eigenvalue weighted by Gasteiger charge is -2.15. The quantitative estimate of drug-likeness (QED) is 0.903. The molecule has 1 atom stereocenters. The minimum atomic E-state index is -0.468. The molecule has 6 heteroatoms. The highest BCUT2D eigenvalue weighted by Gasteiger charge is 2.24. The van der Waals surface area contributed by atoms with Crippen molar-refractivity contribution in [1.29, 1.82) is 0 Å². The highest BCUT2D eigenvalue weighted by atomic mass is 16.2. The Morgan fingerprint density at radius 2 is 2.09 bits per heavy atom. The molecule has 1 aromatic carbocycles. The van der Waals surface area contributed by atoms with Crippen molar-refractivity contribution in [1.82, 2.24) is 20.4 Å². The molecule has 1 aliphatic heterocycles. The predicted molar refractivity (Wildman–Crippen MR) is 86.4 cm³/mol. The maximum absolute atomic E-state index is 12.5. The molecule has 0 saturated carbocycles. The Morgan fingerprint density at radius 3 is 2.87 bits per heavy atom. The van der Waals surface area contributed by atoms with E-state index in [4.69, 9.17) is 0 Å². The second-order valence-corrected chi connectivity index (χ2v) is 5.70. The summed E-state index contributed by atoms with van der Waals surface area (Å²) in [7, 11) is 0. The third kappa shape index (κ3) is 3.26. The van der Waals surface area contributed by atoms with E-state index in [0.717, 1.165) is 24.2 Å². The lowest BCUT2D eigenvalue weighted by Crippen LogP contribution is -2.45. The number of nitrogens with one attached hydrogen (secondary N) is 2. The van der Waals surface area contributed by atoms with Crippen molar-refractivity contribution in [2.45, 2.75) is 32.2 Å². The number of amides is 2. The molecule has 2 heterocycles. The molecular weight excluding hydrogens is 292 g/mol. The number of carbonyl (C=O) groups is 2. The Balaban J connectivity index is 1.78. The van der Waals surface area contributed by atoms with Crippen LogP contribution in [0.15, 0.2) is 36.5 Å². The maximum atomic E-state index is 12.5. The zero-order valence-electron chi connectivity index (χ0n) is 13.1. The van der Waals surface area contributed by atoms with Gasteiger partial charge in [0.1, 0.15) is 6.04 Å². The molecule has 2 N–H and O–H groups in total. The van der Waals surface area contributed by atoms with E-state index in [0.29, 0.717) is 18.5 Å². The van der Waals surface area contributed by atoms with Crippen molar-refractivity contribution < 1.29 is 9.59 Å². The summed E-state index contributed by atoms with van der Waals surface area (Å²) < 4.78 is 1.72. The summed E-state index contributed by atoms with van der Waals surface area (Å²) in [6, 6.07) is 9.17. The van der Waals surface area contributed by atoms with Gasteiger partial charge in [0, 0.05) is 6.54 Å². The Bertz CT molecular complexity index is 709. The molecule has 6 nitrogen and oxygen atoms in total. The molecule has 1 aromatic heterocycles. The fraction of sp³-hybridized carbons (Fsp3) is 0.353. The molecule has 0 aliphatic carbocycles. The average Bonchev–Trinajstić information content (AvgIpc) is 2.84. The van der Waals surface area contributed by atoms with Crippen LogP contribution in [-0.2, 0) is 4.79 Å². The van der Waals surface area contributed by atoms with E-state index in [2.05, 4.69) is 15.7 Å². The van der Waals surface area contributed by atoms with E-state index in [1.807, 2.05) is 37.3 Å². The van der Waals surface area contributed by atoms with Gasteiger partial charge in [0.15, 0.2) is 0 Å². The van der Waals surface area contributed by atoms with Gasteiger partial charge in [-0.05, 0) is 38.3 Å². The molecule has 2 amide bonds. The topological polar surface area (TPSA) is 76.0 Å². The van der Waals surface area contributed by atoms with Gasteiger partial charge in [0.25, 0.3) is 5.91 Å². The van der Waals surface area contributed by atoms with E-state index in [-0.39, 0.29) is 11.8 Å². The number of aromatic nitrogens is 2. The molecule has 0 unspecified atom stereocenters. The second kappa shape index (κ2) is 6.64. The van der Waals surface area contributed by atoms with Gasteiger partial charge in [-0.15, -0.1) is 0 Å². The molecule has 3 rings (SSSR count). The molecule has 23 heavy (non-hydrogen) atoms. The lowest BCUT2D eigenvalue weighted by atomic mass is 10.1. The molecule has 0 spiro atoms. The molecule has 0 bridgehead atoms. The van der Waals surface area contributed by atoms with Crippen molar-refractivity contribution in [2.75, 3.05) is 6.54 Å². The molecule has 1 saturated heterocycles. The number of hydrogen-bond acceptors (Lipinski definition) is 3. The van der Waals surface area contributed by atoms with Crippen molar-refractivity contribution >= 4 is 11.8 Å². The lowest BCUT2D eigenvalue weighted by molar-refractivity contribution is -0.122. The van der Waals surface area contributed by atoms with Crippen molar-refractivity contribution in [3.05, 3.63) is 47.8 Å². The van der Waals surface area contributed by atoms with Crippen LogP contribution in [0.2, 0.25) is 0 Å². The third-order valence-electron chi connectivity index (χ3n) is 4.10. The predicted octanol–water partition coefficient (Wildman–Crippen LogP) is 1.58. The van der Waals surface area contributed by atoms with E-state index in [1.54, 1.807) is 10.9 Å². The van der Waals surface area contributed by atoms with Crippen LogP contribution in [0.3, 0.4) is 0 Å². The van der Waals surface area contributed by atoms with E-state index < -0.39 is 6.04 Å². The number of nitrogens with zero attached hydrogens (tertiary/aromatic N) is 2. The number of carbonyl (C=O) groups excluding carboxylic acids is 2. The van der Waals surface area contributed by atoms with Gasteiger partial charge in [0.2, 0.25) is 5.91 Å². The SMILES string of the molecule is Cc1c(C(=O)N[C@@H]2CCCCNC2=O)cnn1-c1ccccc1. The molecule has 120 valence electrons. The van der Waals surface area contributed by atoms with Crippen molar-refractivity contribution in [3.63, 3.8) is 0 Å². The number of para-hydroxylation sites is 1. The Hall–Kier alpha value is -2.63. The number of hydrogen-bond donors (Lipinski definition) is 2. The standard InChI is InChI=1S/C17H20N4O2/c1-12-14(11-19-21(12)13-7-3-2-4-8-13)16(22)20-15-9-5-6-10-18-17(15)23/h2-4,7-8,11,15H,5-6,9-10H2,1H3,(H,18,23)(H,20,22)/t15-/m1/s1. The molecule has 0 radical (unpaired) electrons. The first-order valence-corrected chi connectivity index (χ1v) is 7.85. The van der Waals surface area contributed by atoms with E-state index >= 15 is 0 Å². The maximum Gasteiger partial charge on any atom is 0.255 e. The monoisotopic (exact) mass is 312 g/mol. The zero-order valence-corrected chi connectivity index (χ0v) is 13.1. The van der Waals surface area contributed by atoms with Gasteiger partial charge in [-0.3, -0.25) is 9.59 Å². The normalized spacial score (nSPS) is 18.1. The highest BCUT2D eigenvalue weighted by molar-refractivity contribution is 5.98. The van der Waals surface area contributed by atoms with Crippen LogP contribution >= 0.6 is 0 Å². The van der Waals surface area contributed by atoms with Gasteiger partial charge in [0.05, 0.1) is 23.1 Å². The number of benzene rings is 1. The van der Waals surface area contributed by atoms with Crippen LogP contribution in [0.5, 0.6) is 0 Å². The Kier molecular flexibility index (Phi) is 4.41. The second-order valence-electron chi connectivity index (χ2n) is 5.70. The summed E-state index contributed by atoms with van der Waals surface area (Å²) in [6.07, 6.45) is 4.09. The van der Waals surface area contributed by atoms with Gasteiger partial charge in [-0.1, -0.05) is 18.2 Å². The fourth-order valence-electron chi connectivity index (χ4n) is 2.78. The van der Waals surface area contributed by atoms with E-state index in [1.165, 1.54) is 0 Å². The first-order valence-electron chi connectivity index (χ1n) is 7.85. The van der Waals surface area contributed by atoms with E-state index in [9.17, 15) is 9.59 Å². The van der Waals surface area contributed by atoms with Crippen LogP contribution < -0.4 is 10.6 Å². The van der Waals surface area contributed by atoms with Gasteiger partial charge >= 0.3 is 0 Å². The summed E-state index contributed by atoms with van der Waals surface area (Å²) in [5.41, 5.74) is 2.14. The minimum absolute atomic E-state index is 0.107. The van der Waals surface area contributed by atoms with Gasteiger partial charge in [-0.25, -0.2) is 4.68 Å². The summed E-state index contributed by atoms with van der Waals surface area (Å²) in [5.74, 6) is -0.365. The zero-order chi connectivity index (χ0) is 16.2. The smallest absolute Gasteiger partial charge is 0.255 e. The van der Waals surface area contributed by atoms with Gasteiger partial charge in [-0.2, -0.15) is 5.10 Å². The van der Waals surface area contributed by atoms with Crippen LogP contribution in [0.25, 0.3) is 5.69 Å². The molecule has 1 fully saturated rings. The summed E-state index contributed by atoms with van der Waals surface area (Å²) >= 11 is 0. The van der Waals surface area contributed by atoms with Crippen LogP contribution in [-0.4, -0.2) is 34.2 Å². The third-order valence-corrected chi connectivity index (χ3v) is 4.10. The summed E-state index contributed by atoms with van der Waals surface area (Å²) in [4.78, 5) is 24.4. The average molecular weight is 312 g/mol. The number of rotatable bonds is 3. The van der Waals surface area contributed by atoms with Crippen molar-refractivity contribution in [3.8, 4) is 5.69 Å². The molecule has 2 aromatic rings. The van der Waals surface area contributed by atoms with Crippen molar-refractivity contribution in [2.24, 2.45) is 0 Å². The summed E-state index contributed by atoms with van der Waals surface area (Å²) in [5, 5.41) is 9.94. The first-order chi connectivity index (χ1) is 11.2. The highest BCUT2D eigenvalue weighted by Crippen LogP contribution is 2.14. The van der Waals surface area contributed by atoms with Crippen LogP contribution in [0.1, 0.15) is 35.3 Å². The summed E-state index contributed by atoms with van der Waals surface area (Å²) in [6.45, 7) is 2.53. The first kappa shape index (κ1) is 15.3. The molecular formula is C17H20N4O2. The molecule has 1 aliphatic rings. The minimum Gasteiger partial charge on any atom is -0.354 e. The largest absolute Gasteiger partial charge is 0.354 e. The van der Waals surface area contributed by atoms with Crippen LogP contribution in [0, 0.1) is 6.92 Å². The fourth-order valence-corrected chi connectivity index (χ4v) is 2.78. The van der Waals surface area contributed by atoms with Gasteiger partial charge < -0.3 is 10.6 Å². The van der Waals surface area contributed by atoms with Crippen LogP contribution in [0.4, 0.5) is 0 Å². The Labute approximate surface area is 134 Å². The Morgan fingerprint density at radius 1 is 1.30 bits per heavy atom.